The van der Waals surface area contributed by atoms with Crippen molar-refractivity contribution in [2.24, 2.45) is 0 Å². The molecule has 116 valence electrons. The minimum atomic E-state index is 0.714. The van der Waals surface area contributed by atoms with Crippen LogP contribution in [0, 0.1) is 6.92 Å². The average Bonchev–Trinajstić information content (AvgIpc) is 2.54. The summed E-state index contributed by atoms with van der Waals surface area (Å²) >= 11 is 0. The summed E-state index contributed by atoms with van der Waals surface area (Å²) in [6.07, 6.45) is 2.18. The normalized spacial score (nSPS) is 14.6. The van der Waals surface area contributed by atoms with Gasteiger partial charge in [-0.25, -0.2) is 0 Å². The molecule has 1 aliphatic heterocycles. The fourth-order valence-electron chi connectivity index (χ4n) is 2.98. The molecule has 3 rings (SSSR count). The van der Waals surface area contributed by atoms with Crippen molar-refractivity contribution in [2.45, 2.75) is 26.3 Å². The van der Waals surface area contributed by atoms with Crippen LogP contribution in [-0.4, -0.2) is 24.6 Å². The molecule has 0 aromatic heterocycles. The number of nitrogens with two attached hydrogens (primary N) is 1. The lowest BCUT2D eigenvalue weighted by Crippen LogP contribution is -2.32. The highest BCUT2D eigenvalue weighted by atomic mass is 16.5. The molecular formula is C19H24N2O. The fourth-order valence-corrected chi connectivity index (χ4v) is 2.98. The van der Waals surface area contributed by atoms with Crippen LogP contribution < -0.4 is 10.5 Å². The molecule has 0 amide bonds. The first-order chi connectivity index (χ1) is 10.7. The standard InChI is InChI=1S/C19H24N2O/c1-15-7-8-18(20)19(13-15)22-12-4-10-21-11-9-16-5-2-3-6-17(16)14-21/h2-3,5-8,13H,4,9-12,14,20H2,1H3. The van der Waals surface area contributed by atoms with Crippen LogP contribution in [0.2, 0.25) is 0 Å². The van der Waals surface area contributed by atoms with E-state index in [0.29, 0.717) is 6.61 Å². The second-order valence-electron chi connectivity index (χ2n) is 6.04. The van der Waals surface area contributed by atoms with E-state index in [0.717, 1.165) is 43.9 Å². The van der Waals surface area contributed by atoms with Gasteiger partial charge in [0.2, 0.25) is 0 Å². The SMILES string of the molecule is Cc1ccc(N)c(OCCCN2CCc3ccccc3C2)c1. The third-order valence-corrected chi connectivity index (χ3v) is 4.26. The molecule has 2 aromatic carbocycles. The Kier molecular flexibility index (Phi) is 4.64. The topological polar surface area (TPSA) is 38.5 Å². The lowest BCUT2D eigenvalue weighted by molar-refractivity contribution is 0.221. The molecule has 2 aromatic rings. The highest BCUT2D eigenvalue weighted by Crippen LogP contribution is 2.23. The first-order valence-corrected chi connectivity index (χ1v) is 8.00. The van der Waals surface area contributed by atoms with Gasteiger partial charge in [0.05, 0.1) is 12.3 Å². The zero-order valence-corrected chi connectivity index (χ0v) is 13.2. The van der Waals surface area contributed by atoms with Crippen molar-refractivity contribution < 1.29 is 4.74 Å². The van der Waals surface area contributed by atoms with E-state index >= 15 is 0 Å². The second kappa shape index (κ2) is 6.84. The van der Waals surface area contributed by atoms with Crippen molar-refractivity contribution in [3.63, 3.8) is 0 Å². The monoisotopic (exact) mass is 296 g/mol. The molecule has 3 nitrogen and oxygen atoms in total. The van der Waals surface area contributed by atoms with Crippen LogP contribution in [-0.2, 0) is 13.0 Å². The van der Waals surface area contributed by atoms with E-state index in [-0.39, 0.29) is 0 Å². The summed E-state index contributed by atoms with van der Waals surface area (Å²) in [5.41, 5.74) is 10.8. The van der Waals surface area contributed by atoms with Crippen LogP contribution in [0.15, 0.2) is 42.5 Å². The van der Waals surface area contributed by atoms with Crippen LogP contribution >= 0.6 is 0 Å². The number of nitrogens with zero attached hydrogens (tertiary/aromatic N) is 1. The predicted octanol–water partition coefficient (Wildman–Crippen LogP) is 3.40. The largest absolute Gasteiger partial charge is 0.491 e. The highest BCUT2D eigenvalue weighted by Gasteiger charge is 2.14. The van der Waals surface area contributed by atoms with Crippen LogP contribution in [0.25, 0.3) is 0 Å². The molecule has 0 saturated carbocycles. The lowest BCUT2D eigenvalue weighted by Gasteiger charge is -2.28. The number of rotatable bonds is 5. The molecule has 0 saturated heterocycles. The van der Waals surface area contributed by atoms with Crippen molar-refractivity contribution in [1.29, 1.82) is 0 Å². The van der Waals surface area contributed by atoms with Gasteiger partial charge in [0.1, 0.15) is 5.75 Å². The van der Waals surface area contributed by atoms with E-state index in [2.05, 4.69) is 36.1 Å². The number of ether oxygens (including phenoxy) is 1. The quantitative estimate of drug-likeness (QED) is 0.679. The molecule has 22 heavy (non-hydrogen) atoms. The predicted molar refractivity (Wildman–Crippen MR) is 91.1 cm³/mol. The third-order valence-electron chi connectivity index (χ3n) is 4.26. The van der Waals surface area contributed by atoms with Gasteiger partial charge < -0.3 is 10.5 Å². The number of fused-ring (bicyclic) bond motifs is 1. The molecule has 0 bridgehead atoms. The Labute approximate surface area is 132 Å². The van der Waals surface area contributed by atoms with Gasteiger partial charge in [-0.05, 0) is 48.6 Å². The molecule has 0 aliphatic carbocycles. The molecular weight excluding hydrogens is 272 g/mol. The zero-order valence-electron chi connectivity index (χ0n) is 13.2. The Bertz CT molecular complexity index is 639. The Morgan fingerprint density at radius 3 is 2.82 bits per heavy atom. The Morgan fingerprint density at radius 2 is 1.95 bits per heavy atom. The van der Waals surface area contributed by atoms with Crippen LogP contribution in [0.5, 0.6) is 5.75 Å². The van der Waals surface area contributed by atoms with Crippen LogP contribution in [0.4, 0.5) is 5.69 Å². The number of hydrogen-bond donors (Lipinski definition) is 1. The van der Waals surface area contributed by atoms with Gasteiger partial charge in [-0.3, -0.25) is 4.90 Å². The zero-order chi connectivity index (χ0) is 15.4. The number of hydrogen-bond acceptors (Lipinski definition) is 3. The van der Waals surface area contributed by atoms with E-state index in [4.69, 9.17) is 10.5 Å². The molecule has 0 unspecified atom stereocenters. The summed E-state index contributed by atoms with van der Waals surface area (Å²) in [6.45, 7) is 6.04. The maximum atomic E-state index is 5.93. The maximum Gasteiger partial charge on any atom is 0.142 e. The molecule has 3 heteroatoms. The highest BCUT2D eigenvalue weighted by molar-refractivity contribution is 5.53. The van der Waals surface area contributed by atoms with E-state index in [9.17, 15) is 0 Å². The Balaban J connectivity index is 1.45. The Hall–Kier alpha value is -2.00. The third kappa shape index (κ3) is 3.60. The lowest BCUT2D eigenvalue weighted by atomic mass is 10.00. The van der Waals surface area contributed by atoms with Gasteiger partial charge in [0.25, 0.3) is 0 Å². The van der Waals surface area contributed by atoms with Gasteiger partial charge in [-0.1, -0.05) is 30.3 Å². The fraction of sp³-hybridized carbons (Fsp3) is 0.368. The number of aryl methyl sites for hydroxylation is 1. The van der Waals surface area contributed by atoms with E-state index in [1.165, 1.54) is 16.7 Å². The minimum absolute atomic E-state index is 0.714. The molecule has 2 N–H and O–H groups in total. The maximum absolute atomic E-state index is 5.93. The van der Waals surface area contributed by atoms with Gasteiger partial charge >= 0.3 is 0 Å². The summed E-state index contributed by atoms with van der Waals surface area (Å²) in [5, 5.41) is 0. The molecule has 0 atom stereocenters. The molecule has 1 heterocycles. The van der Waals surface area contributed by atoms with E-state index in [1.807, 2.05) is 18.2 Å². The number of nitrogen functional groups attached to an aromatic ring is 1. The van der Waals surface area contributed by atoms with Gasteiger partial charge in [0, 0.05) is 19.6 Å². The molecule has 0 spiro atoms. The smallest absolute Gasteiger partial charge is 0.142 e. The van der Waals surface area contributed by atoms with E-state index in [1.54, 1.807) is 0 Å². The first kappa shape index (κ1) is 14.9. The molecule has 0 fully saturated rings. The summed E-state index contributed by atoms with van der Waals surface area (Å²) in [7, 11) is 0. The van der Waals surface area contributed by atoms with Crippen LogP contribution in [0.1, 0.15) is 23.1 Å². The summed E-state index contributed by atoms with van der Waals surface area (Å²) in [4.78, 5) is 2.51. The van der Waals surface area contributed by atoms with Crippen molar-refractivity contribution in [3.05, 3.63) is 59.2 Å². The molecule has 0 radical (unpaired) electrons. The van der Waals surface area contributed by atoms with E-state index < -0.39 is 0 Å². The number of anilines is 1. The summed E-state index contributed by atoms with van der Waals surface area (Å²) < 4.78 is 5.83. The summed E-state index contributed by atoms with van der Waals surface area (Å²) in [6, 6.07) is 14.7. The average molecular weight is 296 g/mol. The van der Waals surface area contributed by atoms with Crippen molar-refractivity contribution in [3.8, 4) is 5.75 Å². The van der Waals surface area contributed by atoms with Gasteiger partial charge in [0.15, 0.2) is 0 Å². The Morgan fingerprint density at radius 1 is 1.14 bits per heavy atom. The second-order valence-corrected chi connectivity index (χ2v) is 6.04. The van der Waals surface area contributed by atoms with Crippen LogP contribution in [0.3, 0.4) is 0 Å². The van der Waals surface area contributed by atoms with Crippen molar-refractivity contribution >= 4 is 5.69 Å². The van der Waals surface area contributed by atoms with Gasteiger partial charge in [-0.15, -0.1) is 0 Å². The van der Waals surface area contributed by atoms with Crippen molar-refractivity contribution in [1.82, 2.24) is 4.90 Å². The number of benzene rings is 2. The first-order valence-electron chi connectivity index (χ1n) is 8.00. The van der Waals surface area contributed by atoms with Gasteiger partial charge in [-0.2, -0.15) is 0 Å². The van der Waals surface area contributed by atoms with Crippen molar-refractivity contribution in [2.75, 3.05) is 25.4 Å². The minimum Gasteiger partial charge on any atom is -0.491 e. The summed E-state index contributed by atoms with van der Waals surface area (Å²) in [5.74, 6) is 0.809. The molecule has 1 aliphatic rings.